The number of benzene rings is 1. The lowest BCUT2D eigenvalue weighted by Crippen LogP contribution is -2.33. The highest BCUT2D eigenvalue weighted by Gasteiger charge is 2.25. The van der Waals surface area contributed by atoms with E-state index in [9.17, 15) is 9.18 Å². The Labute approximate surface area is 122 Å². The second-order valence-corrected chi connectivity index (χ2v) is 5.37. The van der Waals surface area contributed by atoms with Crippen molar-refractivity contribution in [2.45, 2.75) is 25.2 Å². The van der Waals surface area contributed by atoms with E-state index in [1.807, 2.05) is 17.0 Å². The number of nitrogens with zero attached hydrogens (tertiary/aromatic N) is 2. The van der Waals surface area contributed by atoms with Crippen LogP contribution in [0.1, 0.15) is 41.3 Å². The second kappa shape index (κ2) is 6.08. The number of likely N-dealkylation sites (tertiary alicyclic amines) is 1. The predicted molar refractivity (Wildman–Crippen MR) is 75.4 cm³/mol. The van der Waals surface area contributed by atoms with Gasteiger partial charge in [-0.3, -0.25) is 4.79 Å². The van der Waals surface area contributed by atoms with Gasteiger partial charge in [0.2, 0.25) is 5.76 Å². The van der Waals surface area contributed by atoms with E-state index in [2.05, 4.69) is 5.16 Å². The molecule has 0 bridgehead atoms. The summed E-state index contributed by atoms with van der Waals surface area (Å²) in [5.41, 5.74) is 1.08. The first-order valence-electron chi connectivity index (χ1n) is 7.19. The van der Waals surface area contributed by atoms with E-state index in [1.54, 1.807) is 6.07 Å². The lowest BCUT2D eigenvalue weighted by atomic mass is 9.94. The average molecular weight is 288 g/mol. The van der Waals surface area contributed by atoms with Gasteiger partial charge in [-0.05, 0) is 30.5 Å². The number of hydrogen-bond acceptors (Lipinski definition) is 3. The molecule has 5 heteroatoms. The summed E-state index contributed by atoms with van der Waals surface area (Å²) in [7, 11) is 0. The number of hydrogen-bond donors (Lipinski definition) is 0. The number of carbonyl (C=O) groups excluding carboxylic acids is 1. The van der Waals surface area contributed by atoms with E-state index >= 15 is 0 Å². The number of rotatable bonds is 2. The van der Waals surface area contributed by atoms with Crippen molar-refractivity contribution in [1.82, 2.24) is 10.1 Å². The molecule has 2 aromatic rings. The quantitative estimate of drug-likeness (QED) is 0.852. The van der Waals surface area contributed by atoms with E-state index in [0.717, 1.165) is 31.4 Å². The summed E-state index contributed by atoms with van der Waals surface area (Å²) in [6, 6.07) is 8.15. The molecule has 4 nitrogen and oxygen atoms in total. The third kappa shape index (κ3) is 3.12. The smallest absolute Gasteiger partial charge is 0.292 e. The molecule has 1 fully saturated rings. The molecule has 0 spiro atoms. The van der Waals surface area contributed by atoms with Gasteiger partial charge in [0.25, 0.3) is 5.91 Å². The van der Waals surface area contributed by atoms with Gasteiger partial charge in [0, 0.05) is 25.1 Å². The molecular formula is C16H17FN2O2. The van der Waals surface area contributed by atoms with Crippen molar-refractivity contribution in [3.05, 3.63) is 53.7 Å². The SMILES string of the molecule is O=C(c1ccno1)N1CCCC[C@@H](c2ccc(F)cc2)C1. The molecule has 0 unspecified atom stereocenters. The Kier molecular flexibility index (Phi) is 3.99. The minimum atomic E-state index is -0.234. The summed E-state index contributed by atoms with van der Waals surface area (Å²) in [5.74, 6) is 0.151. The van der Waals surface area contributed by atoms with Crippen molar-refractivity contribution in [3.8, 4) is 0 Å². The number of halogens is 1. The van der Waals surface area contributed by atoms with E-state index in [1.165, 1.54) is 18.3 Å². The van der Waals surface area contributed by atoms with E-state index in [4.69, 9.17) is 4.52 Å². The maximum absolute atomic E-state index is 13.0. The first-order valence-corrected chi connectivity index (χ1v) is 7.19. The zero-order valence-electron chi connectivity index (χ0n) is 11.7. The Balaban J connectivity index is 1.77. The van der Waals surface area contributed by atoms with E-state index in [-0.39, 0.29) is 23.4 Å². The van der Waals surface area contributed by atoms with Crippen LogP contribution in [0.2, 0.25) is 0 Å². The normalized spacial score (nSPS) is 19.3. The highest BCUT2D eigenvalue weighted by Crippen LogP contribution is 2.27. The summed E-state index contributed by atoms with van der Waals surface area (Å²) in [5, 5.41) is 3.58. The van der Waals surface area contributed by atoms with Crippen molar-refractivity contribution in [2.24, 2.45) is 0 Å². The van der Waals surface area contributed by atoms with Gasteiger partial charge in [0.15, 0.2) is 0 Å². The molecule has 0 N–H and O–H groups in total. The first kappa shape index (κ1) is 13.8. The summed E-state index contributed by atoms with van der Waals surface area (Å²) in [4.78, 5) is 14.2. The van der Waals surface area contributed by atoms with Crippen LogP contribution in [0, 0.1) is 5.82 Å². The van der Waals surface area contributed by atoms with Crippen molar-refractivity contribution in [1.29, 1.82) is 0 Å². The summed E-state index contributed by atoms with van der Waals surface area (Å²) < 4.78 is 18.0. The number of aromatic nitrogens is 1. The van der Waals surface area contributed by atoms with Crippen LogP contribution in [0.15, 0.2) is 41.1 Å². The highest BCUT2D eigenvalue weighted by molar-refractivity contribution is 5.91. The highest BCUT2D eigenvalue weighted by atomic mass is 19.1. The molecule has 3 rings (SSSR count). The van der Waals surface area contributed by atoms with Gasteiger partial charge >= 0.3 is 0 Å². The number of carbonyl (C=O) groups is 1. The third-order valence-electron chi connectivity index (χ3n) is 3.95. The van der Waals surface area contributed by atoms with Crippen LogP contribution in [0.25, 0.3) is 0 Å². The Morgan fingerprint density at radius 3 is 2.76 bits per heavy atom. The predicted octanol–water partition coefficient (Wildman–Crippen LogP) is 3.22. The topological polar surface area (TPSA) is 46.3 Å². The second-order valence-electron chi connectivity index (χ2n) is 5.37. The average Bonchev–Trinajstić information content (AvgIpc) is 2.92. The minimum absolute atomic E-state index is 0.124. The van der Waals surface area contributed by atoms with Crippen LogP contribution in [-0.2, 0) is 0 Å². The van der Waals surface area contributed by atoms with Crippen LogP contribution in [0.3, 0.4) is 0 Å². The van der Waals surface area contributed by atoms with Crippen LogP contribution in [0.5, 0.6) is 0 Å². The fraction of sp³-hybridized carbons (Fsp3) is 0.375. The first-order chi connectivity index (χ1) is 10.2. The molecule has 110 valence electrons. The lowest BCUT2D eigenvalue weighted by molar-refractivity contribution is 0.0712. The van der Waals surface area contributed by atoms with E-state index < -0.39 is 0 Å². The third-order valence-corrected chi connectivity index (χ3v) is 3.95. The molecule has 0 saturated carbocycles. The van der Waals surface area contributed by atoms with Crippen LogP contribution >= 0.6 is 0 Å². The molecule has 1 aromatic carbocycles. The monoisotopic (exact) mass is 288 g/mol. The molecule has 0 radical (unpaired) electrons. The molecule has 2 heterocycles. The van der Waals surface area contributed by atoms with Gasteiger partial charge in [0.05, 0.1) is 6.20 Å². The van der Waals surface area contributed by atoms with Gasteiger partial charge in [-0.25, -0.2) is 4.39 Å². The zero-order chi connectivity index (χ0) is 14.7. The Hall–Kier alpha value is -2.17. The number of amides is 1. The van der Waals surface area contributed by atoms with Gasteiger partial charge in [-0.1, -0.05) is 23.7 Å². The van der Waals surface area contributed by atoms with Crippen LogP contribution in [-0.4, -0.2) is 29.1 Å². The summed E-state index contributed by atoms with van der Waals surface area (Å²) in [6.07, 6.45) is 4.51. The minimum Gasteiger partial charge on any atom is -0.351 e. The van der Waals surface area contributed by atoms with Crippen molar-refractivity contribution < 1.29 is 13.7 Å². The molecule has 1 amide bonds. The molecule has 1 aromatic heterocycles. The maximum Gasteiger partial charge on any atom is 0.292 e. The van der Waals surface area contributed by atoms with Crippen LogP contribution < -0.4 is 0 Å². The fourth-order valence-electron chi connectivity index (χ4n) is 2.82. The van der Waals surface area contributed by atoms with Crippen LogP contribution in [0.4, 0.5) is 4.39 Å². The van der Waals surface area contributed by atoms with Gasteiger partial charge < -0.3 is 9.42 Å². The van der Waals surface area contributed by atoms with Gasteiger partial charge in [-0.2, -0.15) is 0 Å². The maximum atomic E-state index is 13.0. The molecular weight excluding hydrogens is 271 g/mol. The largest absolute Gasteiger partial charge is 0.351 e. The Bertz CT molecular complexity index is 595. The summed E-state index contributed by atoms with van der Waals surface area (Å²) >= 11 is 0. The van der Waals surface area contributed by atoms with Crippen molar-refractivity contribution >= 4 is 5.91 Å². The molecule has 1 aliphatic rings. The van der Waals surface area contributed by atoms with Crippen molar-refractivity contribution in [2.75, 3.05) is 13.1 Å². The summed E-state index contributed by atoms with van der Waals surface area (Å²) in [6.45, 7) is 1.35. The molecule has 1 aliphatic heterocycles. The van der Waals surface area contributed by atoms with E-state index in [0.29, 0.717) is 6.54 Å². The standard InChI is InChI=1S/C16H17FN2O2/c17-14-6-4-12(5-7-14)13-3-1-2-10-19(11-13)16(20)15-8-9-18-21-15/h4-9,13H,1-3,10-11H2/t13-/m1/s1. The zero-order valence-corrected chi connectivity index (χ0v) is 11.7. The molecule has 21 heavy (non-hydrogen) atoms. The Morgan fingerprint density at radius 1 is 1.24 bits per heavy atom. The van der Waals surface area contributed by atoms with Gasteiger partial charge in [0.1, 0.15) is 5.82 Å². The fourth-order valence-corrected chi connectivity index (χ4v) is 2.82. The molecule has 0 aliphatic carbocycles. The Morgan fingerprint density at radius 2 is 2.05 bits per heavy atom. The van der Waals surface area contributed by atoms with Crippen molar-refractivity contribution in [3.63, 3.8) is 0 Å². The van der Waals surface area contributed by atoms with Gasteiger partial charge in [-0.15, -0.1) is 0 Å². The lowest BCUT2D eigenvalue weighted by Gasteiger charge is -2.23. The molecule has 1 saturated heterocycles. The molecule has 1 atom stereocenters.